The molecular formula is C15H28O3S2. The smallest absolute Gasteiger partial charge is 0.302 e. The van der Waals surface area contributed by atoms with Crippen molar-refractivity contribution >= 4 is 34.3 Å². The van der Waals surface area contributed by atoms with Gasteiger partial charge in [0.15, 0.2) is 0 Å². The highest BCUT2D eigenvalue weighted by Crippen LogP contribution is 2.34. The molecule has 118 valence electrons. The summed E-state index contributed by atoms with van der Waals surface area (Å²) in [5, 5.41) is 0.416. The van der Waals surface area contributed by atoms with Crippen LogP contribution in [0.2, 0.25) is 0 Å². The molecule has 0 saturated carbocycles. The largest absolute Gasteiger partial charge is 0.479 e. The third-order valence-electron chi connectivity index (χ3n) is 3.24. The van der Waals surface area contributed by atoms with E-state index in [0.717, 1.165) is 25.7 Å². The third kappa shape index (κ3) is 10.5. The van der Waals surface area contributed by atoms with Crippen molar-refractivity contribution in [1.29, 1.82) is 0 Å². The van der Waals surface area contributed by atoms with Gasteiger partial charge in [0, 0.05) is 12.2 Å². The van der Waals surface area contributed by atoms with E-state index in [9.17, 15) is 4.79 Å². The third-order valence-corrected chi connectivity index (χ3v) is 4.69. The Morgan fingerprint density at radius 2 is 1.95 bits per heavy atom. The Bertz CT molecular complexity index is 303. The predicted octanol–water partition coefficient (Wildman–Crippen LogP) is 4.58. The van der Waals surface area contributed by atoms with Gasteiger partial charge in [-0.2, -0.15) is 0 Å². The number of hydrogen-bond acceptors (Lipinski definition) is 5. The second-order valence-corrected chi connectivity index (χ2v) is 7.53. The highest BCUT2D eigenvalue weighted by Gasteiger charge is 2.23. The van der Waals surface area contributed by atoms with Crippen LogP contribution in [0, 0.1) is 5.41 Å². The number of rotatable bonds is 9. The van der Waals surface area contributed by atoms with Gasteiger partial charge in [0.1, 0.15) is 0 Å². The van der Waals surface area contributed by atoms with Gasteiger partial charge in [0.2, 0.25) is 4.38 Å². The summed E-state index contributed by atoms with van der Waals surface area (Å²) in [6.07, 6.45) is 4.07. The highest BCUT2D eigenvalue weighted by molar-refractivity contribution is 8.23. The van der Waals surface area contributed by atoms with Crippen LogP contribution in [0.1, 0.15) is 60.3 Å². The van der Waals surface area contributed by atoms with Crippen molar-refractivity contribution in [3.8, 4) is 0 Å². The number of thioether (sulfide) groups is 1. The van der Waals surface area contributed by atoms with E-state index in [1.54, 1.807) is 11.8 Å². The van der Waals surface area contributed by atoms with Gasteiger partial charge >= 0.3 is 5.97 Å². The molecule has 0 saturated heterocycles. The van der Waals surface area contributed by atoms with Crippen molar-refractivity contribution in [2.75, 3.05) is 13.2 Å². The molecule has 0 heterocycles. The normalized spacial score (nSPS) is 12.8. The van der Waals surface area contributed by atoms with Crippen LogP contribution in [0.15, 0.2) is 0 Å². The first-order valence-electron chi connectivity index (χ1n) is 7.27. The molecule has 0 rings (SSSR count). The minimum absolute atomic E-state index is 0.215. The molecule has 5 heteroatoms. The second kappa shape index (κ2) is 10.4. The van der Waals surface area contributed by atoms with Crippen LogP contribution in [0.3, 0.4) is 0 Å². The molecule has 1 unspecified atom stereocenters. The summed E-state index contributed by atoms with van der Waals surface area (Å²) in [7, 11) is 0. The molecule has 0 bridgehead atoms. The summed E-state index contributed by atoms with van der Waals surface area (Å²) in [4.78, 5) is 10.8. The Hall–Kier alpha value is -0.290. The Morgan fingerprint density at radius 1 is 1.30 bits per heavy atom. The van der Waals surface area contributed by atoms with Crippen LogP contribution in [-0.4, -0.2) is 28.8 Å². The van der Waals surface area contributed by atoms with Gasteiger partial charge in [0.05, 0.1) is 13.2 Å². The van der Waals surface area contributed by atoms with E-state index in [1.807, 2.05) is 6.92 Å². The molecule has 0 amide bonds. The second-order valence-electron chi connectivity index (χ2n) is 5.63. The zero-order chi connectivity index (χ0) is 15.6. The number of carbonyl (C=O) groups is 1. The Balaban J connectivity index is 4.31. The maximum atomic E-state index is 10.8. The van der Waals surface area contributed by atoms with E-state index in [2.05, 4.69) is 20.8 Å². The van der Waals surface area contributed by atoms with Crippen LogP contribution < -0.4 is 0 Å². The summed E-state index contributed by atoms with van der Waals surface area (Å²) in [5.74, 6) is -0.215. The molecule has 0 aromatic carbocycles. The molecule has 20 heavy (non-hydrogen) atoms. The van der Waals surface area contributed by atoms with Crippen LogP contribution in [-0.2, 0) is 14.3 Å². The van der Waals surface area contributed by atoms with Gasteiger partial charge in [-0.1, -0.05) is 39.0 Å². The SMILES string of the molecule is CCOC(=S)SC(CCCOC(C)=O)CC(C)(C)CC. The lowest BCUT2D eigenvalue weighted by Crippen LogP contribution is -2.20. The number of esters is 1. The molecular weight excluding hydrogens is 292 g/mol. The lowest BCUT2D eigenvalue weighted by Gasteiger charge is -2.28. The fourth-order valence-electron chi connectivity index (χ4n) is 1.78. The minimum atomic E-state index is -0.215. The summed E-state index contributed by atoms with van der Waals surface area (Å²) in [6, 6.07) is 0. The topological polar surface area (TPSA) is 35.5 Å². The molecule has 0 aliphatic rings. The Labute approximate surface area is 133 Å². The molecule has 0 aliphatic carbocycles. The first-order chi connectivity index (χ1) is 9.30. The number of hydrogen-bond donors (Lipinski definition) is 0. The van der Waals surface area contributed by atoms with Gasteiger partial charge in [-0.3, -0.25) is 4.79 Å². The number of ether oxygens (including phenoxy) is 2. The maximum absolute atomic E-state index is 10.8. The van der Waals surface area contributed by atoms with Gasteiger partial charge in [-0.25, -0.2) is 0 Å². The zero-order valence-electron chi connectivity index (χ0n) is 13.4. The fourth-order valence-corrected chi connectivity index (χ4v) is 3.58. The molecule has 0 aromatic rings. The maximum Gasteiger partial charge on any atom is 0.302 e. The minimum Gasteiger partial charge on any atom is -0.479 e. The number of thiocarbonyl (C=S) groups is 1. The van der Waals surface area contributed by atoms with Gasteiger partial charge in [0.25, 0.3) is 0 Å². The van der Waals surface area contributed by atoms with Crippen LogP contribution in [0.4, 0.5) is 0 Å². The molecule has 0 fully saturated rings. The van der Waals surface area contributed by atoms with E-state index >= 15 is 0 Å². The van der Waals surface area contributed by atoms with E-state index in [-0.39, 0.29) is 5.97 Å². The molecule has 1 atom stereocenters. The van der Waals surface area contributed by atoms with Crippen LogP contribution in [0.5, 0.6) is 0 Å². The monoisotopic (exact) mass is 320 g/mol. The Morgan fingerprint density at radius 3 is 2.45 bits per heavy atom. The van der Waals surface area contributed by atoms with Crippen molar-refractivity contribution in [2.24, 2.45) is 5.41 Å². The summed E-state index contributed by atoms with van der Waals surface area (Å²) < 4.78 is 11.0. The van der Waals surface area contributed by atoms with E-state index < -0.39 is 0 Å². The average molecular weight is 321 g/mol. The van der Waals surface area contributed by atoms with E-state index in [4.69, 9.17) is 21.7 Å². The van der Waals surface area contributed by atoms with Crippen molar-refractivity contribution in [2.45, 2.75) is 65.6 Å². The first-order valence-corrected chi connectivity index (χ1v) is 8.56. The quantitative estimate of drug-likeness (QED) is 0.353. The number of carbonyl (C=O) groups excluding carboxylic acids is 1. The molecule has 0 spiro atoms. The zero-order valence-corrected chi connectivity index (χ0v) is 15.0. The molecule has 0 N–H and O–H groups in total. The van der Waals surface area contributed by atoms with Crippen molar-refractivity contribution < 1.29 is 14.3 Å². The summed E-state index contributed by atoms with van der Waals surface area (Å²) >= 11 is 6.87. The molecule has 3 nitrogen and oxygen atoms in total. The van der Waals surface area contributed by atoms with Crippen molar-refractivity contribution in [1.82, 2.24) is 0 Å². The van der Waals surface area contributed by atoms with Gasteiger partial charge in [-0.15, -0.1) is 0 Å². The van der Waals surface area contributed by atoms with Gasteiger partial charge < -0.3 is 9.47 Å². The highest BCUT2D eigenvalue weighted by atomic mass is 32.2. The van der Waals surface area contributed by atoms with E-state index in [1.165, 1.54) is 6.92 Å². The lowest BCUT2D eigenvalue weighted by atomic mass is 9.84. The molecule has 0 aliphatic heterocycles. The standard InChI is InChI=1S/C15H28O3S2/c1-6-15(4,5)11-13(20-14(19)17-7-2)9-8-10-18-12(3)16/h13H,6-11H2,1-5H3. The first kappa shape index (κ1) is 19.7. The summed E-state index contributed by atoms with van der Waals surface area (Å²) in [6.45, 7) is 11.2. The van der Waals surface area contributed by atoms with Crippen LogP contribution >= 0.6 is 24.0 Å². The predicted molar refractivity (Wildman–Crippen MR) is 90.2 cm³/mol. The fraction of sp³-hybridized carbons (Fsp3) is 0.867. The van der Waals surface area contributed by atoms with Gasteiger partial charge in [-0.05, 0) is 43.8 Å². The lowest BCUT2D eigenvalue weighted by molar-refractivity contribution is -0.141. The molecule has 0 aromatic heterocycles. The average Bonchev–Trinajstić information content (AvgIpc) is 2.34. The van der Waals surface area contributed by atoms with Crippen molar-refractivity contribution in [3.05, 3.63) is 0 Å². The van der Waals surface area contributed by atoms with Crippen LogP contribution in [0.25, 0.3) is 0 Å². The summed E-state index contributed by atoms with van der Waals surface area (Å²) in [5.41, 5.74) is 0.293. The Kier molecular flexibility index (Phi) is 10.3. The van der Waals surface area contributed by atoms with Crippen molar-refractivity contribution in [3.63, 3.8) is 0 Å². The van der Waals surface area contributed by atoms with E-state index in [0.29, 0.717) is 28.3 Å². The molecule has 0 radical (unpaired) electrons.